The van der Waals surface area contributed by atoms with E-state index in [1.165, 1.54) is 4.90 Å². The van der Waals surface area contributed by atoms with Gasteiger partial charge in [0.25, 0.3) is 5.91 Å². The molecule has 2 fully saturated rings. The maximum absolute atomic E-state index is 12.6. The number of nitrogens with zero attached hydrogens (tertiary/aromatic N) is 1. The van der Waals surface area contributed by atoms with E-state index in [1.807, 2.05) is 12.1 Å². The second-order valence-electron chi connectivity index (χ2n) is 7.25. The second kappa shape index (κ2) is 8.50. The Balaban J connectivity index is 1.44. The number of hydrogen-bond donors (Lipinski definition) is 2. The molecule has 0 radical (unpaired) electrons. The Morgan fingerprint density at radius 1 is 1.18 bits per heavy atom. The molecule has 1 saturated heterocycles. The number of amides is 4. The Morgan fingerprint density at radius 2 is 1.89 bits per heavy atom. The van der Waals surface area contributed by atoms with E-state index in [-0.39, 0.29) is 30.8 Å². The van der Waals surface area contributed by atoms with E-state index in [9.17, 15) is 14.4 Å². The number of urea groups is 1. The minimum Gasteiger partial charge on any atom is -0.493 e. The van der Waals surface area contributed by atoms with Gasteiger partial charge in [0.2, 0.25) is 5.91 Å². The van der Waals surface area contributed by atoms with Crippen LogP contribution in [0, 0.1) is 0 Å². The summed E-state index contributed by atoms with van der Waals surface area (Å²) in [6, 6.07) is 5.12. The molecule has 0 unspecified atom stereocenters. The highest BCUT2D eigenvalue weighted by Crippen LogP contribution is 2.35. The molecule has 8 heteroatoms. The van der Waals surface area contributed by atoms with Crippen LogP contribution in [0.1, 0.15) is 44.1 Å². The van der Waals surface area contributed by atoms with E-state index in [4.69, 9.17) is 9.47 Å². The van der Waals surface area contributed by atoms with Crippen molar-refractivity contribution in [2.24, 2.45) is 0 Å². The van der Waals surface area contributed by atoms with Crippen molar-refractivity contribution in [3.8, 4) is 11.5 Å². The molecular formula is C20H27N3O5. The van der Waals surface area contributed by atoms with Crippen molar-refractivity contribution >= 4 is 17.8 Å². The molecule has 2 N–H and O–H groups in total. The van der Waals surface area contributed by atoms with Crippen LogP contribution in [0.25, 0.3) is 0 Å². The van der Waals surface area contributed by atoms with Crippen LogP contribution >= 0.6 is 0 Å². The van der Waals surface area contributed by atoms with Crippen molar-refractivity contribution in [1.29, 1.82) is 0 Å². The fourth-order valence-electron chi connectivity index (χ4n) is 3.87. The van der Waals surface area contributed by atoms with Gasteiger partial charge in [-0.3, -0.25) is 14.5 Å². The Morgan fingerprint density at radius 3 is 2.57 bits per heavy atom. The molecule has 152 valence electrons. The molecule has 4 amide bonds. The summed E-state index contributed by atoms with van der Waals surface area (Å²) in [6.07, 6.45) is 4.01. The molecule has 1 aromatic carbocycles. The number of imide groups is 1. The van der Waals surface area contributed by atoms with Gasteiger partial charge in [0.1, 0.15) is 5.54 Å². The van der Waals surface area contributed by atoms with Crippen LogP contribution in [0.15, 0.2) is 18.2 Å². The third-order valence-electron chi connectivity index (χ3n) is 5.43. The smallest absolute Gasteiger partial charge is 0.325 e. The maximum Gasteiger partial charge on any atom is 0.325 e. The fraction of sp³-hybridized carbons (Fsp3) is 0.550. The molecule has 3 rings (SSSR count). The lowest BCUT2D eigenvalue weighted by Crippen LogP contribution is -2.44. The van der Waals surface area contributed by atoms with Gasteiger partial charge < -0.3 is 20.1 Å². The normalized spacial score (nSPS) is 17.7. The lowest BCUT2D eigenvalue weighted by molar-refractivity contribution is -0.131. The van der Waals surface area contributed by atoms with Gasteiger partial charge in [-0.25, -0.2) is 4.79 Å². The number of benzene rings is 1. The molecule has 1 aliphatic heterocycles. The highest BCUT2D eigenvalue weighted by atomic mass is 16.5. The number of carbonyl (C=O) groups excluding carboxylic acids is 3. The number of rotatable bonds is 8. The third kappa shape index (κ3) is 4.05. The number of hydrogen-bond acceptors (Lipinski definition) is 5. The lowest BCUT2D eigenvalue weighted by Gasteiger charge is -2.19. The predicted molar refractivity (Wildman–Crippen MR) is 102 cm³/mol. The first-order chi connectivity index (χ1) is 13.5. The van der Waals surface area contributed by atoms with Crippen molar-refractivity contribution in [2.75, 3.05) is 20.8 Å². The van der Waals surface area contributed by atoms with E-state index in [0.29, 0.717) is 37.3 Å². The monoisotopic (exact) mass is 389 g/mol. The van der Waals surface area contributed by atoms with Gasteiger partial charge in [0.05, 0.1) is 14.2 Å². The van der Waals surface area contributed by atoms with Crippen LogP contribution in [0.3, 0.4) is 0 Å². The Kier molecular flexibility index (Phi) is 6.06. The number of ether oxygens (including phenoxy) is 2. The van der Waals surface area contributed by atoms with Crippen LogP contribution in [0.2, 0.25) is 0 Å². The SMILES string of the molecule is COc1ccc(CNC(=O)CCCN2C(=O)NC3(CCCC3)C2=O)cc1OC. The van der Waals surface area contributed by atoms with Crippen LogP contribution < -0.4 is 20.1 Å². The topological polar surface area (TPSA) is 97.0 Å². The maximum atomic E-state index is 12.6. The van der Waals surface area contributed by atoms with Crippen LogP contribution in [-0.4, -0.2) is 49.0 Å². The van der Waals surface area contributed by atoms with Gasteiger partial charge in [-0.2, -0.15) is 0 Å². The highest BCUT2D eigenvalue weighted by Gasteiger charge is 2.51. The average molecular weight is 389 g/mol. The van der Waals surface area contributed by atoms with Gasteiger partial charge in [-0.1, -0.05) is 18.9 Å². The molecule has 1 heterocycles. The molecule has 0 aromatic heterocycles. The van der Waals surface area contributed by atoms with E-state index in [0.717, 1.165) is 18.4 Å². The number of nitrogens with one attached hydrogen (secondary N) is 2. The van der Waals surface area contributed by atoms with Crippen molar-refractivity contribution < 1.29 is 23.9 Å². The third-order valence-corrected chi connectivity index (χ3v) is 5.43. The quantitative estimate of drug-likeness (QED) is 0.663. The molecule has 1 saturated carbocycles. The van der Waals surface area contributed by atoms with Gasteiger partial charge >= 0.3 is 6.03 Å². The molecule has 28 heavy (non-hydrogen) atoms. The average Bonchev–Trinajstić information content (AvgIpc) is 3.26. The summed E-state index contributed by atoms with van der Waals surface area (Å²) in [5.41, 5.74) is 0.204. The van der Waals surface area contributed by atoms with Gasteiger partial charge in [-0.05, 0) is 37.0 Å². The summed E-state index contributed by atoms with van der Waals surface area (Å²) in [4.78, 5) is 38.0. The molecule has 0 bridgehead atoms. The molecular weight excluding hydrogens is 362 g/mol. The van der Waals surface area contributed by atoms with Crippen molar-refractivity contribution in [2.45, 2.75) is 50.6 Å². The first kappa shape index (κ1) is 20.0. The largest absolute Gasteiger partial charge is 0.493 e. The molecule has 1 aromatic rings. The van der Waals surface area contributed by atoms with E-state index >= 15 is 0 Å². The first-order valence-electron chi connectivity index (χ1n) is 9.61. The summed E-state index contributed by atoms with van der Waals surface area (Å²) in [5.74, 6) is 0.970. The Bertz CT molecular complexity index is 758. The Hall–Kier alpha value is -2.77. The number of methoxy groups -OCH3 is 2. The minimum absolute atomic E-state index is 0.127. The van der Waals surface area contributed by atoms with Crippen molar-refractivity contribution in [3.63, 3.8) is 0 Å². The highest BCUT2D eigenvalue weighted by molar-refractivity contribution is 6.07. The Labute approximate surface area is 164 Å². The summed E-state index contributed by atoms with van der Waals surface area (Å²) in [7, 11) is 3.13. The molecule has 1 aliphatic carbocycles. The summed E-state index contributed by atoms with van der Waals surface area (Å²) < 4.78 is 10.4. The second-order valence-corrected chi connectivity index (χ2v) is 7.25. The van der Waals surface area contributed by atoms with Gasteiger partial charge in [0.15, 0.2) is 11.5 Å². The van der Waals surface area contributed by atoms with Crippen molar-refractivity contribution in [1.82, 2.24) is 15.5 Å². The lowest BCUT2D eigenvalue weighted by atomic mass is 9.98. The zero-order valence-electron chi connectivity index (χ0n) is 16.4. The fourth-order valence-corrected chi connectivity index (χ4v) is 3.87. The number of carbonyl (C=O) groups is 3. The molecule has 2 aliphatic rings. The van der Waals surface area contributed by atoms with Gasteiger partial charge in [0, 0.05) is 19.5 Å². The van der Waals surface area contributed by atoms with E-state index < -0.39 is 5.54 Å². The predicted octanol–water partition coefficient (Wildman–Crippen LogP) is 1.96. The van der Waals surface area contributed by atoms with E-state index in [1.54, 1.807) is 20.3 Å². The van der Waals surface area contributed by atoms with Crippen LogP contribution in [-0.2, 0) is 16.1 Å². The molecule has 1 spiro atoms. The van der Waals surface area contributed by atoms with Crippen LogP contribution in [0.5, 0.6) is 11.5 Å². The zero-order chi connectivity index (χ0) is 20.1. The summed E-state index contributed by atoms with van der Waals surface area (Å²) in [5, 5.41) is 5.69. The van der Waals surface area contributed by atoms with Crippen molar-refractivity contribution in [3.05, 3.63) is 23.8 Å². The first-order valence-corrected chi connectivity index (χ1v) is 9.61. The minimum atomic E-state index is -0.688. The summed E-state index contributed by atoms with van der Waals surface area (Å²) >= 11 is 0. The zero-order valence-corrected chi connectivity index (χ0v) is 16.4. The molecule has 0 atom stereocenters. The van der Waals surface area contributed by atoms with Crippen LogP contribution in [0.4, 0.5) is 4.79 Å². The summed E-state index contributed by atoms with van der Waals surface area (Å²) in [6.45, 7) is 0.627. The standard InChI is InChI=1S/C20H27N3O5/c1-27-15-8-7-14(12-16(15)28-2)13-21-17(24)6-5-11-23-18(25)20(22-19(23)26)9-3-4-10-20/h7-8,12H,3-6,9-11,13H2,1-2H3,(H,21,24)(H,22,26). The molecule has 8 nitrogen and oxygen atoms in total. The van der Waals surface area contributed by atoms with Gasteiger partial charge in [-0.15, -0.1) is 0 Å². The van der Waals surface area contributed by atoms with E-state index in [2.05, 4.69) is 10.6 Å².